The Morgan fingerprint density at radius 1 is 1.39 bits per heavy atom. The number of nitrogens with zero attached hydrogens (tertiary/aromatic N) is 2. The first-order chi connectivity index (χ1) is 13.5. The Labute approximate surface area is 169 Å². The summed E-state index contributed by atoms with van der Waals surface area (Å²) in [6.45, 7) is 5.65. The van der Waals surface area contributed by atoms with E-state index in [2.05, 4.69) is 4.98 Å². The van der Waals surface area contributed by atoms with Crippen molar-refractivity contribution in [3.8, 4) is 0 Å². The highest BCUT2D eigenvalue weighted by atomic mass is 35.5. The van der Waals surface area contributed by atoms with Crippen LogP contribution in [-0.2, 0) is 11.3 Å². The molecule has 0 N–H and O–H groups in total. The average molecular weight is 399 g/mol. The van der Waals surface area contributed by atoms with Crippen LogP contribution in [0, 0.1) is 13.8 Å². The first-order valence-electron chi connectivity index (χ1n) is 9.52. The third-order valence-electron chi connectivity index (χ3n) is 5.20. The summed E-state index contributed by atoms with van der Waals surface area (Å²) in [7, 11) is 0. The van der Waals surface area contributed by atoms with Gasteiger partial charge in [0.05, 0.1) is 17.7 Å². The predicted octanol–water partition coefficient (Wildman–Crippen LogP) is 4.92. The number of aryl methyl sites for hydroxylation is 2. The van der Waals surface area contributed by atoms with Crippen LogP contribution in [0.4, 0.5) is 0 Å². The Bertz CT molecular complexity index is 1000. The summed E-state index contributed by atoms with van der Waals surface area (Å²) in [4.78, 5) is 19.1. The molecule has 0 bridgehead atoms. The lowest BCUT2D eigenvalue weighted by Gasteiger charge is -2.32. The second-order valence-corrected chi connectivity index (χ2v) is 7.77. The van der Waals surface area contributed by atoms with Crippen LogP contribution in [0.25, 0.3) is 11.0 Å². The number of benzene rings is 1. The van der Waals surface area contributed by atoms with E-state index < -0.39 is 0 Å². The smallest absolute Gasteiger partial charge is 0.289 e. The number of amides is 1. The van der Waals surface area contributed by atoms with Gasteiger partial charge in [0.25, 0.3) is 5.91 Å². The Balaban J connectivity index is 1.49. The van der Waals surface area contributed by atoms with Gasteiger partial charge in [-0.15, -0.1) is 0 Å². The molecule has 4 rings (SSSR count). The number of carbonyl (C=O) groups is 1. The molecule has 1 saturated heterocycles. The number of furan rings is 1. The molecular formula is C22H23ClN2O3. The van der Waals surface area contributed by atoms with E-state index in [4.69, 9.17) is 20.8 Å². The van der Waals surface area contributed by atoms with Crippen LogP contribution in [0.15, 0.2) is 41.1 Å². The largest absolute Gasteiger partial charge is 0.449 e. The molecule has 3 aromatic rings. The molecule has 28 heavy (non-hydrogen) atoms. The van der Waals surface area contributed by atoms with Crippen molar-refractivity contribution >= 4 is 28.5 Å². The van der Waals surface area contributed by atoms with Gasteiger partial charge in [0.2, 0.25) is 0 Å². The molecule has 1 unspecified atom stereocenters. The Hall–Kier alpha value is -2.37. The molecule has 1 fully saturated rings. The summed E-state index contributed by atoms with van der Waals surface area (Å²) in [5, 5.41) is 1.43. The van der Waals surface area contributed by atoms with E-state index in [1.165, 1.54) is 0 Å². The van der Waals surface area contributed by atoms with Gasteiger partial charge in [-0.1, -0.05) is 17.7 Å². The SMILES string of the molecule is Cc1cc(Cl)c2oc(C(=O)N3CCCC(OCc4cccnc4)C3)c(C)c2c1. The van der Waals surface area contributed by atoms with Crippen molar-refractivity contribution in [3.05, 3.63) is 64.1 Å². The molecule has 146 valence electrons. The summed E-state index contributed by atoms with van der Waals surface area (Å²) < 4.78 is 11.9. The molecule has 3 heterocycles. The third kappa shape index (κ3) is 3.77. The zero-order valence-corrected chi connectivity index (χ0v) is 16.8. The van der Waals surface area contributed by atoms with Crippen molar-refractivity contribution < 1.29 is 13.9 Å². The number of rotatable bonds is 4. The number of aromatic nitrogens is 1. The van der Waals surface area contributed by atoms with Gasteiger partial charge in [-0.25, -0.2) is 0 Å². The van der Waals surface area contributed by atoms with Crippen molar-refractivity contribution in [3.63, 3.8) is 0 Å². The Kier molecular flexibility index (Phi) is 5.38. The lowest BCUT2D eigenvalue weighted by Crippen LogP contribution is -2.43. The lowest BCUT2D eigenvalue weighted by atomic mass is 10.1. The second kappa shape index (κ2) is 7.94. The van der Waals surface area contributed by atoms with Gasteiger partial charge in [0.1, 0.15) is 0 Å². The summed E-state index contributed by atoms with van der Waals surface area (Å²) in [6, 6.07) is 7.74. The summed E-state index contributed by atoms with van der Waals surface area (Å²) in [5.74, 6) is 0.271. The first kappa shape index (κ1) is 19.0. The minimum atomic E-state index is -0.0999. The third-order valence-corrected chi connectivity index (χ3v) is 5.49. The summed E-state index contributed by atoms with van der Waals surface area (Å²) >= 11 is 6.32. The Morgan fingerprint density at radius 2 is 2.25 bits per heavy atom. The van der Waals surface area contributed by atoms with E-state index >= 15 is 0 Å². The highest BCUT2D eigenvalue weighted by molar-refractivity contribution is 6.35. The number of hydrogen-bond acceptors (Lipinski definition) is 4. The normalized spacial score (nSPS) is 17.2. The van der Waals surface area contributed by atoms with Crippen molar-refractivity contribution in [2.45, 2.75) is 39.4 Å². The fraction of sp³-hybridized carbons (Fsp3) is 0.364. The highest BCUT2D eigenvalue weighted by Gasteiger charge is 2.29. The van der Waals surface area contributed by atoms with Crippen molar-refractivity contribution in [1.29, 1.82) is 0 Å². The number of halogens is 1. The summed E-state index contributed by atoms with van der Waals surface area (Å²) in [5.41, 5.74) is 3.49. The molecule has 1 amide bonds. The van der Waals surface area contributed by atoms with Crippen molar-refractivity contribution in [2.75, 3.05) is 13.1 Å². The molecule has 1 aliphatic rings. The topological polar surface area (TPSA) is 55.6 Å². The van der Waals surface area contributed by atoms with Crippen LogP contribution in [-0.4, -0.2) is 35.0 Å². The lowest BCUT2D eigenvalue weighted by molar-refractivity contribution is -0.00759. The maximum atomic E-state index is 13.1. The molecule has 1 aromatic carbocycles. The van der Waals surface area contributed by atoms with Crippen LogP contribution in [0.3, 0.4) is 0 Å². The van der Waals surface area contributed by atoms with E-state index in [9.17, 15) is 4.79 Å². The minimum absolute atomic E-state index is 0.00780. The van der Waals surface area contributed by atoms with Crippen molar-refractivity contribution in [2.24, 2.45) is 0 Å². The van der Waals surface area contributed by atoms with Crippen LogP contribution in [0.5, 0.6) is 0 Å². The molecule has 0 saturated carbocycles. The average Bonchev–Trinajstić information content (AvgIpc) is 3.04. The van der Waals surface area contributed by atoms with E-state index in [-0.39, 0.29) is 12.0 Å². The number of likely N-dealkylation sites (tertiary alicyclic amines) is 1. The zero-order valence-electron chi connectivity index (χ0n) is 16.1. The number of carbonyl (C=O) groups excluding carboxylic acids is 1. The number of ether oxygens (including phenoxy) is 1. The first-order valence-corrected chi connectivity index (χ1v) is 9.89. The monoisotopic (exact) mass is 398 g/mol. The number of hydrogen-bond donors (Lipinski definition) is 0. The minimum Gasteiger partial charge on any atom is -0.449 e. The van der Waals surface area contributed by atoms with E-state index in [1.54, 1.807) is 12.4 Å². The molecule has 2 aromatic heterocycles. The Morgan fingerprint density at radius 3 is 3.04 bits per heavy atom. The quantitative estimate of drug-likeness (QED) is 0.626. The summed E-state index contributed by atoms with van der Waals surface area (Å²) in [6.07, 6.45) is 5.40. The van der Waals surface area contributed by atoms with Crippen molar-refractivity contribution in [1.82, 2.24) is 9.88 Å². The van der Waals surface area contributed by atoms with Crippen LogP contribution < -0.4 is 0 Å². The van der Waals surface area contributed by atoms with E-state index in [1.807, 2.05) is 43.0 Å². The fourth-order valence-electron chi connectivity index (χ4n) is 3.72. The van der Waals surface area contributed by atoms with Gasteiger partial charge in [0.15, 0.2) is 11.3 Å². The standard InChI is InChI=1S/C22H23ClN2O3/c1-14-9-18-15(2)20(28-21(18)19(23)10-14)22(26)25-8-4-6-17(12-25)27-13-16-5-3-7-24-11-16/h3,5,7,9-11,17H,4,6,8,12-13H2,1-2H3. The molecule has 1 aliphatic heterocycles. The maximum Gasteiger partial charge on any atom is 0.289 e. The molecule has 0 spiro atoms. The van der Waals surface area contributed by atoms with Gasteiger partial charge in [0, 0.05) is 36.4 Å². The molecular weight excluding hydrogens is 376 g/mol. The van der Waals surface area contributed by atoms with Crippen LogP contribution in [0.2, 0.25) is 5.02 Å². The second-order valence-electron chi connectivity index (χ2n) is 7.37. The highest BCUT2D eigenvalue weighted by Crippen LogP contribution is 2.33. The zero-order chi connectivity index (χ0) is 19.7. The van der Waals surface area contributed by atoms with E-state index in [0.717, 1.165) is 34.9 Å². The van der Waals surface area contributed by atoms with E-state index in [0.29, 0.717) is 36.1 Å². The number of fused-ring (bicyclic) bond motifs is 1. The van der Waals surface area contributed by atoms with Gasteiger partial charge in [-0.3, -0.25) is 9.78 Å². The predicted molar refractivity (Wildman–Crippen MR) is 109 cm³/mol. The number of pyridine rings is 1. The number of piperidine rings is 1. The van der Waals surface area contributed by atoms with Gasteiger partial charge in [-0.05, 0) is 56.0 Å². The molecule has 0 radical (unpaired) electrons. The van der Waals surface area contributed by atoms with Gasteiger partial charge >= 0.3 is 0 Å². The fourth-order valence-corrected chi connectivity index (χ4v) is 4.03. The van der Waals surface area contributed by atoms with Crippen LogP contribution >= 0.6 is 11.6 Å². The molecule has 1 atom stereocenters. The van der Waals surface area contributed by atoms with Gasteiger partial charge in [-0.2, -0.15) is 0 Å². The van der Waals surface area contributed by atoms with Gasteiger partial charge < -0.3 is 14.1 Å². The molecule has 6 heteroatoms. The maximum absolute atomic E-state index is 13.1. The molecule has 5 nitrogen and oxygen atoms in total. The molecule has 0 aliphatic carbocycles. The van der Waals surface area contributed by atoms with Crippen LogP contribution in [0.1, 0.15) is 40.1 Å².